The lowest BCUT2D eigenvalue weighted by Crippen LogP contribution is -2.18. The summed E-state index contributed by atoms with van der Waals surface area (Å²) >= 11 is 0. The molecule has 0 spiro atoms. The van der Waals surface area contributed by atoms with Gasteiger partial charge in [0, 0.05) is 44.3 Å². The molecule has 12 aromatic carbocycles. The summed E-state index contributed by atoms with van der Waals surface area (Å²) in [4.78, 5) is 5.72. The number of nitrogens with zero attached hydrogens (tertiary/aromatic N) is 2. The Morgan fingerprint density at radius 2 is 0.397 bits per heavy atom. The standard InChI is InChI=1S/C124H152N2/c1-117(2,3)99-60-95(61-100(77-99)118(4,5)6)91-58-92(96-62-101(119(7,8)9)78-102(63-96)120(10,11)12)73-109(72-91)125(107-68-87(82-44-32-26-33-45-82)56-88(69-107)83-46-34-27-35-47-83)115-111-52-40-41-53-112(111)116(114-76-86(54-55-113(114)115)81-42-30-25-31-43-81)126(108-70-89(84-48-36-28-37-49-84)57-90(71-108)85-50-38-29-39-51-85)110-74-93(97-64-103(121(13,14)15)79-104(65-97)122(16,17)18)59-94(75-110)98-66-105(123(19,20)21)80-106(67-98)124(22,23)24/h25,30-31,40-43,52-80,82-85H,26-29,32-39,44-51H2,1-24H3. The predicted octanol–water partition coefficient (Wildman–Crippen LogP) is 37.8. The van der Waals surface area contributed by atoms with E-state index in [0.717, 1.165) is 0 Å². The van der Waals surface area contributed by atoms with Crippen molar-refractivity contribution in [2.75, 3.05) is 9.80 Å². The first-order chi connectivity index (χ1) is 59.4. The third kappa shape index (κ3) is 19.7. The van der Waals surface area contributed by atoms with Crippen LogP contribution in [0.2, 0.25) is 0 Å². The average Bonchev–Trinajstić information content (AvgIpc) is 0.709. The lowest BCUT2D eigenvalue weighted by molar-refractivity contribution is 0.435. The van der Waals surface area contributed by atoms with Gasteiger partial charge in [-0.1, -0.05) is 395 Å². The van der Waals surface area contributed by atoms with E-state index in [2.05, 4.69) is 394 Å². The van der Waals surface area contributed by atoms with Crippen molar-refractivity contribution in [3.8, 4) is 55.6 Å². The molecule has 4 aliphatic carbocycles. The molecule has 0 unspecified atom stereocenters. The zero-order chi connectivity index (χ0) is 89.5. The summed E-state index contributed by atoms with van der Waals surface area (Å²) in [6.45, 7) is 57.7. The highest BCUT2D eigenvalue weighted by Gasteiger charge is 2.35. The lowest BCUT2D eigenvalue weighted by Gasteiger charge is -2.36. The Kier molecular flexibility index (Phi) is 25.0. The third-order valence-electron chi connectivity index (χ3n) is 29.6. The fourth-order valence-electron chi connectivity index (χ4n) is 21.3. The normalized spacial score (nSPS) is 16.3. The van der Waals surface area contributed by atoms with Crippen molar-refractivity contribution in [3.63, 3.8) is 0 Å². The second kappa shape index (κ2) is 35.0. The molecule has 0 bridgehead atoms. The van der Waals surface area contributed by atoms with Crippen LogP contribution in [0.1, 0.15) is 385 Å². The zero-order valence-electron chi connectivity index (χ0n) is 82.1. The van der Waals surface area contributed by atoms with Crippen molar-refractivity contribution >= 4 is 55.7 Å². The van der Waals surface area contributed by atoms with Crippen LogP contribution >= 0.6 is 0 Å². The lowest BCUT2D eigenvalue weighted by atomic mass is 9.78. The van der Waals surface area contributed by atoms with E-state index in [4.69, 9.17) is 0 Å². The molecule has 126 heavy (non-hydrogen) atoms. The highest BCUT2D eigenvalue weighted by Crippen LogP contribution is 2.57. The van der Waals surface area contributed by atoms with Gasteiger partial charge < -0.3 is 9.80 Å². The van der Waals surface area contributed by atoms with Gasteiger partial charge in [0.1, 0.15) is 0 Å². The van der Waals surface area contributed by atoms with Gasteiger partial charge in [0.15, 0.2) is 0 Å². The monoisotopic (exact) mass is 1670 g/mol. The molecule has 4 aliphatic rings. The Labute approximate surface area is 762 Å². The summed E-state index contributed by atoms with van der Waals surface area (Å²) in [5, 5.41) is 4.91. The van der Waals surface area contributed by atoms with Crippen molar-refractivity contribution in [2.24, 2.45) is 0 Å². The Bertz CT molecular complexity index is 5560. The summed E-state index contributed by atoms with van der Waals surface area (Å²) in [6, 6.07) is 91.5. The molecule has 2 heteroatoms. The van der Waals surface area contributed by atoms with Crippen LogP contribution in [0, 0.1) is 0 Å². The highest BCUT2D eigenvalue weighted by molar-refractivity contribution is 6.24. The van der Waals surface area contributed by atoms with Gasteiger partial charge in [-0.3, -0.25) is 0 Å². The first-order valence-electron chi connectivity index (χ1n) is 49.3. The van der Waals surface area contributed by atoms with Gasteiger partial charge in [-0.15, -0.1) is 0 Å². The fraction of sp³-hybridized carbons (Fsp3) is 0.452. The Balaban J connectivity index is 1.11. The summed E-state index contributed by atoms with van der Waals surface area (Å²) in [5.74, 6) is 1.90. The molecule has 0 radical (unpaired) electrons. The molecule has 0 aliphatic heterocycles. The summed E-state index contributed by atoms with van der Waals surface area (Å²) in [7, 11) is 0. The molecule has 4 saturated carbocycles. The topological polar surface area (TPSA) is 6.48 Å². The number of hydrogen-bond acceptors (Lipinski definition) is 2. The van der Waals surface area contributed by atoms with Crippen LogP contribution in [0.5, 0.6) is 0 Å². The van der Waals surface area contributed by atoms with Crippen LogP contribution in [0.15, 0.2) is 218 Å². The molecule has 2 nitrogen and oxygen atoms in total. The third-order valence-corrected chi connectivity index (χ3v) is 29.6. The molecule has 4 fully saturated rings. The van der Waals surface area contributed by atoms with Gasteiger partial charge in [0.2, 0.25) is 0 Å². The molecule has 658 valence electrons. The van der Waals surface area contributed by atoms with Crippen LogP contribution in [0.3, 0.4) is 0 Å². The van der Waals surface area contributed by atoms with E-state index in [1.807, 2.05) is 0 Å². The summed E-state index contributed by atoms with van der Waals surface area (Å²) in [6.07, 6.45) is 25.2. The van der Waals surface area contributed by atoms with Gasteiger partial charge in [0.05, 0.1) is 11.4 Å². The summed E-state index contributed by atoms with van der Waals surface area (Å²) < 4.78 is 0. The van der Waals surface area contributed by atoms with Crippen LogP contribution < -0.4 is 9.80 Å². The molecule has 0 saturated heterocycles. The molecule has 0 heterocycles. The molecule has 16 rings (SSSR count). The van der Waals surface area contributed by atoms with Crippen LogP contribution in [0.4, 0.5) is 34.1 Å². The van der Waals surface area contributed by atoms with Crippen LogP contribution in [-0.4, -0.2) is 0 Å². The average molecular weight is 1670 g/mol. The van der Waals surface area contributed by atoms with E-state index in [-0.39, 0.29) is 43.3 Å². The second-order valence-electron chi connectivity index (χ2n) is 47.8. The van der Waals surface area contributed by atoms with Gasteiger partial charge >= 0.3 is 0 Å². The van der Waals surface area contributed by atoms with Crippen molar-refractivity contribution in [1.29, 1.82) is 0 Å². The minimum atomic E-state index is -0.109. The van der Waals surface area contributed by atoms with E-state index in [1.54, 1.807) is 0 Å². The van der Waals surface area contributed by atoms with E-state index in [1.165, 1.54) is 306 Å². The van der Waals surface area contributed by atoms with E-state index in [9.17, 15) is 0 Å². The minimum Gasteiger partial charge on any atom is -0.309 e. The van der Waals surface area contributed by atoms with Crippen molar-refractivity contribution in [2.45, 2.75) is 362 Å². The van der Waals surface area contributed by atoms with E-state index < -0.39 is 0 Å². The first kappa shape index (κ1) is 90.1. The molecular weight excluding hydrogens is 1520 g/mol. The number of hydrogen-bond donors (Lipinski definition) is 0. The summed E-state index contributed by atoms with van der Waals surface area (Å²) in [5.41, 5.74) is 35.7. The number of fused-ring (bicyclic) bond motifs is 2. The van der Waals surface area contributed by atoms with Gasteiger partial charge in [-0.25, -0.2) is 0 Å². The quantitative estimate of drug-likeness (QED) is 0.0746. The number of anilines is 6. The maximum atomic E-state index is 2.86. The highest BCUT2D eigenvalue weighted by atomic mass is 15.2. The molecule has 0 atom stereocenters. The Morgan fingerprint density at radius 1 is 0.175 bits per heavy atom. The molecule has 12 aromatic rings. The van der Waals surface area contributed by atoms with Crippen molar-refractivity contribution < 1.29 is 0 Å². The van der Waals surface area contributed by atoms with E-state index in [0.29, 0.717) is 23.7 Å². The Morgan fingerprint density at radius 3 is 0.651 bits per heavy atom. The minimum absolute atomic E-state index is 0.107. The van der Waals surface area contributed by atoms with Crippen LogP contribution in [-0.2, 0) is 43.3 Å². The Hall–Kier alpha value is -9.24. The zero-order valence-corrected chi connectivity index (χ0v) is 82.1. The van der Waals surface area contributed by atoms with Gasteiger partial charge in [-0.05, 0) is 307 Å². The first-order valence-corrected chi connectivity index (χ1v) is 49.3. The van der Waals surface area contributed by atoms with Crippen molar-refractivity contribution in [1.82, 2.24) is 0 Å². The van der Waals surface area contributed by atoms with Crippen molar-refractivity contribution in [3.05, 3.63) is 285 Å². The molecule has 0 amide bonds. The largest absolute Gasteiger partial charge is 0.309 e. The smallest absolute Gasteiger partial charge is 0.0620 e. The predicted molar refractivity (Wildman–Crippen MR) is 551 cm³/mol. The molecule has 0 N–H and O–H groups in total. The maximum absolute atomic E-state index is 2.86. The maximum Gasteiger partial charge on any atom is 0.0620 e. The fourth-order valence-corrected chi connectivity index (χ4v) is 21.3. The molecule has 0 aromatic heterocycles. The molecular formula is C124H152N2. The second-order valence-corrected chi connectivity index (χ2v) is 47.8. The van der Waals surface area contributed by atoms with Crippen LogP contribution in [0.25, 0.3) is 77.2 Å². The SMILES string of the molecule is CC(C)(C)c1cc(-c2cc(-c3cc(C(C)(C)C)cc(C(C)(C)C)c3)cc(N(c3cc(C4CCCCC4)cc(C4CCCCC4)c3)c3c4ccccc4c(N(c4cc(-c5cc(C(C)(C)C)cc(C(C)(C)C)c5)cc(-c5cc(C(C)(C)C)cc(C(C)(C)C)c5)c4)c4cc(C5CCCCC5)cc(C5CCCCC5)c4)c4cc(-c5ccccc5)ccc34)c2)cc(C(C)(C)C)c1. The number of benzene rings is 12. The van der Waals surface area contributed by atoms with E-state index >= 15 is 0 Å². The van der Waals surface area contributed by atoms with Gasteiger partial charge in [-0.2, -0.15) is 0 Å². The number of rotatable bonds is 15. The van der Waals surface area contributed by atoms with Gasteiger partial charge in [0.25, 0.3) is 0 Å².